The molecule has 0 fully saturated rings. The highest BCUT2D eigenvalue weighted by Crippen LogP contribution is 2.22. The summed E-state index contributed by atoms with van der Waals surface area (Å²) in [5, 5.41) is 2.92. The lowest BCUT2D eigenvalue weighted by molar-refractivity contribution is 0.0717. The van der Waals surface area contributed by atoms with E-state index in [9.17, 15) is 9.18 Å². The molecule has 3 nitrogen and oxygen atoms in total. The highest BCUT2D eigenvalue weighted by Gasteiger charge is 2.21. The Morgan fingerprint density at radius 1 is 1.39 bits per heavy atom. The molecular weight excluding hydrogens is 231 g/mol. The summed E-state index contributed by atoms with van der Waals surface area (Å²) in [6.45, 7) is 8.89. The summed E-state index contributed by atoms with van der Waals surface area (Å²) < 4.78 is 13.7. The predicted molar refractivity (Wildman–Crippen MR) is 72.4 cm³/mol. The predicted octanol–water partition coefficient (Wildman–Crippen LogP) is 3.13. The van der Waals surface area contributed by atoms with Crippen LogP contribution in [0.3, 0.4) is 0 Å². The lowest BCUT2D eigenvalue weighted by Crippen LogP contribution is -2.37. The first kappa shape index (κ1) is 14.5. The minimum Gasteiger partial charge on any atom is -0.382 e. The third-order valence-electron chi connectivity index (χ3n) is 2.82. The molecule has 0 atom stereocenters. The van der Waals surface area contributed by atoms with Gasteiger partial charge in [-0.1, -0.05) is 6.07 Å². The highest BCUT2D eigenvalue weighted by molar-refractivity contribution is 5.99. The number of nitrogens with one attached hydrogen (secondary N) is 1. The SMILES string of the molecule is CCNc1c(F)cccc1C(=O)N(CC)C(C)C. The van der Waals surface area contributed by atoms with Crippen LogP contribution in [0.15, 0.2) is 18.2 Å². The number of benzene rings is 1. The van der Waals surface area contributed by atoms with Gasteiger partial charge in [0.25, 0.3) is 5.91 Å². The number of hydrogen-bond acceptors (Lipinski definition) is 2. The molecule has 0 saturated heterocycles. The Hall–Kier alpha value is -1.58. The molecule has 0 unspecified atom stereocenters. The molecule has 0 aromatic heterocycles. The Morgan fingerprint density at radius 3 is 2.56 bits per heavy atom. The molecule has 100 valence electrons. The van der Waals surface area contributed by atoms with E-state index in [1.54, 1.807) is 17.0 Å². The monoisotopic (exact) mass is 252 g/mol. The average Bonchev–Trinajstić information content (AvgIpc) is 2.32. The van der Waals surface area contributed by atoms with Gasteiger partial charge in [-0.05, 0) is 39.8 Å². The van der Waals surface area contributed by atoms with E-state index < -0.39 is 0 Å². The molecule has 0 saturated carbocycles. The zero-order valence-electron chi connectivity index (χ0n) is 11.5. The Morgan fingerprint density at radius 2 is 2.06 bits per heavy atom. The fraction of sp³-hybridized carbons (Fsp3) is 0.500. The first-order valence-electron chi connectivity index (χ1n) is 6.36. The Balaban J connectivity index is 3.15. The van der Waals surface area contributed by atoms with E-state index in [0.717, 1.165) is 0 Å². The van der Waals surface area contributed by atoms with Crippen LogP contribution in [0.4, 0.5) is 10.1 Å². The van der Waals surface area contributed by atoms with Gasteiger partial charge in [0.1, 0.15) is 5.82 Å². The van der Waals surface area contributed by atoms with Gasteiger partial charge in [0, 0.05) is 19.1 Å². The van der Waals surface area contributed by atoms with Crippen LogP contribution in [0.25, 0.3) is 0 Å². The number of amides is 1. The number of anilines is 1. The van der Waals surface area contributed by atoms with Crippen LogP contribution >= 0.6 is 0 Å². The maximum atomic E-state index is 13.7. The van der Waals surface area contributed by atoms with Crippen molar-refractivity contribution in [1.82, 2.24) is 4.90 Å². The number of halogens is 1. The quantitative estimate of drug-likeness (QED) is 0.873. The van der Waals surface area contributed by atoms with E-state index in [1.807, 2.05) is 27.7 Å². The summed E-state index contributed by atoms with van der Waals surface area (Å²) in [6, 6.07) is 4.69. The molecule has 1 rings (SSSR count). The van der Waals surface area contributed by atoms with Crippen molar-refractivity contribution in [1.29, 1.82) is 0 Å². The van der Waals surface area contributed by atoms with Gasteiger partial charge in [0.15, 0.2) is 0 Å². The van der Waals surface area contributed by atoms with Crippen molar-refractivity contribution in [2.24, 2.45) is 0 Å². The molecule has 18 heavy (non-hydrogen) atoms. The third kappa shape index (κ3) is 3.00. The maximum Gasteiger partial charge on any atom is 0.256 e. The molecule has 0 aliphatic rings. The molecule has 0 radical (unpaired) electrons. The molecule has 0 heterocycles. The summed E-state index contributed by atoms with van der Waals surface area (Å²) in [5.41, 5.74) is 0.691. The van der Waals surface area contributed by atoms with Crippen LogP contribution in [0, 0.1) is 5.82 Å². The van der Waals surface area contributed by atoms with Gasteiger partial charge in [-0.2, -0.15) is 0 Å². The first-order valence-corrected chi connectivity index (χ1v) is 6.36. The minimum atomic E-state index is -0.387. The highest BCUT2D eigenvalue weighted by atomic mass is 19.1. The molecule has 0 bridgehead atoms. The number of nitrogens with zero attached hydrogens (tertiary/aromatic N) is 1. The van der Waals surface area contributed by atoms with Gasteiger partial charge in [-0.3, -0.25) is 4.79 Å². The lowest BCUT2D eigenvalue weighted by atomic mass is 10.1. The van der Waals surface area contributed by atoms with Crippen molar-refractivity contribution in [3.05, 3.63) is 29.6 Å². The van der Waals surface area contributed by atoms with E-state index in [2.05, 4.69) is 5.32 Å². The second-order valence-electron chi connectivity index (χ2n) is 4.38. The normalized spacial score (nSPS) is 10.6. The third-order valence-corrected chi connectivity index (χ3v) is 2.82. The smallest absolute Gasteiger partial charge is 0.256 e. The van der Waals surface area contributed by atoms with Gasteiger partial charge in [-0.15, -0.1) is 0 Å². The number of para-hydroxylation sites is 1. The number of carbonyl (C=O) groups is 1. The van der Waals surface area contributed by atoms with Crippen molar-refractivity contribution in [3.8, 4) is 0 Å². The number of hydrogen-bond donors (Lipinski definition) is 1. The number of rotatable bonds is 5. The van der Waals surface area contributed by atoms with Gasteiger partial charge < -0.3 is 10.2 Å². The molecule has 1 aromatic rings. The minimum absolute atomic E-state index is 0.0974. The fourth-order valence-corrected chi connectivity index (χ4v) is 1.96. The Labute approximate surface area is 108 Å². The molecule has 0 aliphatic carbocycles. The topological polar surface area (TPSA) is 32.3 Å². The molecule has 4 heteroatoms. The van der Waals surface area contributed by atoms with E-state index in [0.29, 0.717) is 24.3 Å². The van der Waals surface area contributed by atoms with Crippen LogP contribution in [0.1, 0.15) is 38.1 Å². The molecule has 1 amide bonds. The van der Waals surface area contributed by atoms with Crippen molar-refractivity contribution in [2.45, 2.75) is 33.7 Å². The average molecular weight is 252 g/mol. The largest absolute Gasteiger partial charge is 0.382 e. The van der Waals surface area contributed by atoms with Crippen LogP contribution in [-0.4, -0.2) is 29.9 Å². The van der Waals surface area contributed by atoms with E-state index in [4.69, 9.17) is 0 Å². The summed E-state index contributed by atoms with van der Waals surface area (Å²) >= 11 is 0. The van der Waals surface area contributed by atoms with Crippen LogP contribution in [0.2, 0.25) is 0 Å². The molecular formula is C14H21FN2O. The zero-order chi connectivity index (χ0) is 13.7. The zero-order valence-corrected chi connectivity index (χ0v) is 11.5. The van der Waals surface area contributed by atoms with Gasteiger partial charge >= 0.3 is 0 Å². The van der Waals surface area contributed by atoms with Gasteiger partial charge in [0.2, 0.25) is 0 Å². The maximum absolute atomic E-state index is 13.7. The first-order chi connectivity index (χ1) is 8.52. The number of carbonyl (C=O) groups excluding carboxylic acids is 1. The van der Waals surface area contributed by atoms with E-state index in [1.165, 1.54) is 6.07 Å². The summed E-state index contributed by atoms with van der Waals surface area (Å²) in [6.07, 6.45) is 0. The molecule has 1 aromatic carbocycles. The van der Waals surface area contributed by atoms with Crippen LogP contribution in [-0.2, 0) is 0 Å². The van der Waals surface area contributed by atoms with E-state index >= 15 is 0 Å². The summed E-state index contributed by atoms with van der Waals surface area (Å²) in [5.74, 6) is -0.523. The van der Waals surface area contributed by atoms with Crippen molar-refractivity contribution in [2.75, 3.05) is 18.4 Å². The Kier molecular flexibility index (Phi) is 5.13. The lowest BCUT2D eigenvalue weighted by Gasteiger charge is -2.26. The van der Waals surface area contributed by atoms with Crippen LogP contribution in [0.5, 0.6) is 0 Å². The van der Waals surface area contributed by atoms with Crippen LogP contribution < -0.4 is 5.32 Å². The summed E-state index contributed by atoms with van der Waals surface area (Å²) in [7, 11) is 0. The van der Waals surface area contributed by atoms with Crippen molar-refractivity contribution < 1.29 is 9.18 Å². The van der Waals surface area contributed by atoms with E-state index in [-0.39, 0.29) is 17.8 Å². The molecule has 0 aliphatic heterocycles. The Bertz CT molecular complexity index is 418. The second kappa shape index (κ2) is 6.38. The summed E-state index contributed by atoms with van der Waals surface area (Å²) in [4.78, 5) is 14.1. The second-order valence-corrected chi connectivity index (χ2v) is 4.38. The fourth-order valence-electron chi connectivity index (χ4n) is 1.96. The molecule has 0 spiro atoms. The van der Waals surface area contributed by atoms with Gasteiger partial charge in [0.05, 0.1) is 11.3 Å². The van der Waals surface area contributed by atoms with Crippen molar-refractivity contribution >= 4 is 11.6 Å². The van der Waals surface area contributed by atoms with Gasteiger partial charge in [-0.25, -0.2) is 4.39 Å². The molecule has 1 N–H and O–H groups in total. The van der Waals surface area contributed by atoms with Crippen molar-refractivity contribution in [3.63, 3.8) is 0 Å². The standard InChI is InChI=1S/C14H21FN2O/c1-5-16-13-11(8-7-9-12(13)15)14(18)17(6-2)10(3)4/h7-10,16H,5-6H2,1-4H3.